The third kappa shape index (κ3) is 5.60. The number of aromatic nitrogens is 2. The van der Waals surface area contributed by atoms with E-state index >= 15 is 0 Å². The lowest BCUT2D eigenvalue weighted by atomic mass is 9.94. The van der Waals surface area contributed by atoms with Crippen LogP contribution in [0.25, 0.3) is 11.4 Å². The van der Waals surface area contributed by atoms with E-state index in [1.807, 2.05) is 36.4 Å². The topological polar surface area (TPSA) is 80.5 Å². The van der Waals surface area contributed by atoms with Gasteiger partial charge in [0.15, 0.2) is 0 Å². The highest BCUT2D eigenvalue weighted by molar-refractivity contribution is 5.79. The van der Waals surface area contributed by atoms with E-state index in [0.29, 0.717) is 18.3 Å². The molecule has 7 nitrogen and oxygen atoms in total. The van der Waals surface area contributed by atoms with E-state index in [1.165, 1.54) is 11.1 Å². The number of rotatable bonds is 8. The van der Waals surface area contributed by atoms with Crippen molar-refractivity contribution in [1.29, 1.82) is 0 Å². The Balaban J connectivity index is 1.28. The fourth-order valence-corrected chi connectivity index (χ4v) is 4.39. The zero-order chi connectivity index (χ0) is 23.2. The Hall–Kier alpha value is -3.19. The van der Waals surface area contributed by atoms with E-state index in [9.17, 15) is 4.79 Å². The molecule has 2 aromatic carbocycles. The molecule has 1 amide bonds. The molecule has 1 N–H and O–H groups in total. The number of aryl methyl sites for hydroxylation is 1. The fraction of sp³-hybridized carbons (Fsp3) is 0.423. The Morgan fingerprint density at radius 2 is 1.91 bits per heavy atom. The predicted molar refractivity (Wildman–Crippen MR) is 127 cm³/mol. The summed E-state index contributed by atoms with van der Waals surface area (Å²) in [6.07, 6.45) is 2.54. The number of benzene rings is 2. The van der Waals surface area contributed by atoms with Gasteiger partial charge < -0.3 is 14.6 Å². The van der Waals surface area contributed by atoms with E-state index in [0.717, 1.165) is 43.7 Å². The number of methoxy groups -OCH3 is 1. The summed E-state index contributed by atoms with van der Waals surface area (Å²) in [5, 5.41) is 7.39. The van der Waals surface area contributed by atoms with Crippen LogP contribution in [0, 0.1) is 12.8 Å². The molecule has 2 heterocycles. The average Bonchev–Trinajstić information content (AvgIpc) is 3.32. The van der Waals surface area contributed by atoms with Gasteiger partial charge in [-0.1, -0.05) is 36.3 Å². The quantitative estimate of drug-likeness (QED) is 0.545. The van der Waals surface area contributed by atoms with Crippen LogP contribution >= 0.6 is 0 Å². The number of likely N-dealkylation sites (tertiary alicyclic amines) is 1. The van der Waals surface area contributed by atoms with Crippen LogP contribution in [0.2, 0.25) is 0 Å². The lowest BCUT2D eigenvalue weighted by molar-refractivity contribution is -0.127. The van der Waals surface area contributed by atoms with Crippen LogP contribution in [0.15, 0.2) is 53.1 Å². The van der Waals surface area contributed by atoms with Crippen LogP contribution < -0.4 is 10.1 Å². The van der Waals surface area contributed by atoms with Gasteiger partial charge in [-0.2, -0.15) is 4.98 Å². The van der Waals surface area contributed by atoms with Gasteiger partial charge in [-0.05, 0) is 74.7 Å². The number of piperidine rings is 1. The molecule has 1 fully saturated rings. The lowest BCUT2D eigenvalue weighted by Crippen LogP contribution is -2.41. The van der Waals surface area contributed by atoms with Crippen molar-refractivity contribution >= 4 is 5.91 Å². The molecule has 0 spiro atoms. The molecule has 3 aromatic rings. The molecule has 1 atom stereocenters. The Morgan fingerprint density at radius 3 is 2.58 bits per heavy atom. The number of nitrogens with one attached hydrogen (secondary N) is 1. The number of hydrogen-bond acceptors (Lipinski definition) is 6. The van der Waals surface area contributed by atoms with Crippen LogP contribution in [0.3, 0.4) is 0 Å². The smallest absolute Gasteiger partial charge is 0.241 e. The molecule has 1 aliphatic heterocycles. The number of amides is 1. The van der Waals surface area contributed by atoms with Gasteiger partial charge >= 0.3 is 0 Å². The van der Waals surface area contributed by atoms with Crippen molar-refractivity contribution < 1.29 is 14.1 Å². The Bertz CT molecular complexity index is 1060. The number of ether oxygens (including phenoxy) is 1. The maximum Gasteiger partial charge on any atom is 0.241 e. The molecule has 174 valence electrons. The van der Waals surface area contributed by atoms with Gasteiger partial charge in [0.2, 0.25) is 17.6 Å². The zero-order valence-corrected chi connectivity index (χ0v) is 19.6. The molecule has 33 heavy (non-hydrogen) atoms. The first-order valence-electron chi connectivity index (χ1n) is 11.6. The Morgan fingerprint density at radius 1 is 1.18 bits per heavy atom. The molecule has 0 aliphatic carbocycles. The second-order valence-corrected chi connectivity index (χ2v) is 8.62. The number of nitrogens with zero attached hydrogens (tertiary/aromatic N) is 3. The molecule has 1 saturated heterocycles. The monoisotopic (exact) mass is 448 g/mol. The lowest BCUT2D eigenvalue weighted by Gasteiger charge is -2.31. The largest absolute Gasteiger partial charge is 0.497 e. The van der Waals surface area contributed by atoms with Crippen LogP contribution in [0.4, 0.5) is 0 Å². The van der Waals surface area contributed by atoms with Crippen molar-refractivity contribution in [2.24, 2.45) is 5.92 Å². The standard InChI is InChI=1S/C26H32N4O3/c1-4-23(22-8-6-5-7-18(22)2)27-26(31)20-13-15-30(16-14-20)17-24-28-25(29-33-24)19-9-11-21(32-3)12-10-19/h5-12,20,23H,4,13-17H2,1-3H3,(H,27,31). The van der Waals surface area contributed by atoms with E-state index in [-0.39, 0.29) is 17.9 Å². The third-order valence-electron chi connectivity index (χ3n) is 6.42. The van der Waals surface area contributed by atoms with Gasteiger partial charge in [0.25, 0.3) is 0 Å². The highest BCUT2D eigenvalue weighted by Gasteiger charge is 2.27. The highest BCUT2D eigenvalue weighted by atomic mass is 16.5. The molecule has 7 heteroatoms. The summed E-state index contributed by atoms with van der Waals surface area (Å²) in [5.41, 5.74) is 3.31. The highest BCUT2D eigenvalue weighted by Crippen LogP contribution is 2.25. The second-order valence-electron chi connectivity index (χ2n) is 8.62. The van der Waals surface area contributed by atoms with Crippen molar-refractivity contribution in [3.05, 3.63) is 65.5 Å². The first kappa shape index (κ1) is 23.0. The SMILES string of the molecule is CCC(NC(=O)C1CCN(Cc2nc(-c3ccc(OC)cc3)no2)CC1)c1ccccc1C. The molecular weight excluding hydrogens is 416 g/mol. The second kappa shape index (κ2) is 10.6. The zero-order valence-electron chi connectivity index (χ0n) is 19.6. The van der Waals surface area contributed by atoms with Crippen molar-refractivity contribution in [1.82, 2.24) is 20.4 Å². The Kier molecular flexibility index (Phi) is 7.40. The summed E-state index contributed by atoms with van der Waals surface area (Å²) in [4.78, 5) is 19.8. The van der Waals surface area contributed by atoms with Gasteiger partial charge in [-0.15, -0.1) is 0 Å². The van der Waals surface area contributed by atoms with Gasteiger partial charge in [0, 0.05) is 11.5 Å². The first-order chi connectivity index (χ1) is 16.1. The summed E-state index contributed by atoms with van der Waals surface area (Å²) >= 11 is 0. The van der Waals surface area contributed by atoms with Crippen LogP contribution in [0.5, 0.6) is 5.75 Å². The molecule has 1 unspecified atom stereocenters. The van der Waals surface area contributed by atoms with Crippen LogP contribution in [-0.2, 0) is 11.3 Å². The summed E-state index contributed by atoms with van der Waals surface area (Å²) in [5.74, 6) is 2.15. The summed E-state index contributed by atoms with van der Waals surface area (Å²) in [6.45, 7) is 6.47. The summed E-state index contributed by atoms with van der Waals surface area (Å²) in [6, 6.07) is 15.9. The van der Waals surface area contributed by atoms with E-state index in [2.05, 4.69) is 46.3 Å². The Labute approximate surface area is 195 Å². The van der Waals surface area contributed by atoms with Crippen molar-refractivity contribution in [3.63, 3.8) is 0 Å². The number of hydrogen-bond donors (Lipinski definition) is 1. The normalized spacial score (nSPS) is 15.8. The van der Waals surface area contributed by atoms with E-state index < -0.39 is 0 Å². The molecular formula is C26H32N4O3. The number of carbonyl (C=O) groups excluding carboxylic acids is 1. The minimum atomic E-state index is 0.0388. The van der Waals surface area contributed by atoms with E-state index in [4.69, 9.17) is 9.26 Å². The minimum absolute atomic E-state index is 0.0388. The van der Waals surface area contributed by atoms with Crippen molar-refractivity contribution in [2.75, 3.05) is 20.2 Å². The fourth-order valence-electron chi connectivity index (χ4n) is 4.39. The van der Waals surface area contributed by atoms with Crippen molar-refractivity contribution in [3.8, 4) is 17.1 Å². The molecule has 0 saturated carbocycles. The van der Waals surface area contributed by atoms with Crippen molar-refractivity contribution in [2.45, 2.75) is 45.7 Å². The average molecular weight is 449 g/mol. The van der Waals surface area contributed by atoms with Crippen LogP contribution in [0.1, 0.15) is 49.2 Å². The van der Waals surface area contributed by atoms with Gasteiger partial charge in [-0.25, -0.2) is 0 Å². The maximum absolute atomic E-state index is 12.9. The predicted octanol–water partition coefficient (Wildman–Crippen LogP) is 4.53. The summed E-state index contributed by atoms with van der Waals surface area (Å²) < 4.78 is 10.7. The van der Waals surface area contributed by atoms with Crippen LogP contribution in [-0.4, -0.2) is 41.1 Å². The van der Waals surface area contributed by atoms with Gasteiger partial charge in [-0.3, -0.25) is 9.69 Å². The molecule has 4 rings (SSSR count). The van der Waals surface area contributed by atoms with E-state index in [1.54, 1.807) is 7.11 Å². The first-order valence-corrected chi connectivity index (χ1v) is 11.6. The molecule has 1 aromatic heterocycles. The third-order valence-corrected chi connectivity index (χ3v) is 6.42. The summed E-state index contributed by atoms with van der Waals surface area (Å²) in [7, 11) is 1.64. The molecule has 0 bridgehead atoms. The minimum Gasteiger partial charge on any atom is -0.497 e. The molecule has 0 radical (unpaired) electrons. The maximum atomic E-state index is 12.9. The van der Waals surface area contributed by atoms with Gasteiger partial charge in [0.05, 0.1) is 19.7 Å². The number of carbonyl (C=O) groups is 1. The van der Waals surface area contributed by atoms with Gasteiger partial charge in [0.1, 0.15) is 5.75 Å². The molecule has 1 aliphatic rings.